The van der Waals surface area contributed by atoms with E-state index in [0.717, 1.165) is 24.8 Å². The smallest absolute Gasteiger partial charge is 0.223 e. The van der Waals surface area contributed by atoms with E-state index < -0.39 is 0 Å². The molecule has 2 rings (SSSR count). The first-order valence-electron chi connectivity index (χ1n) is 7.01. The molecule has 0 aliphatic heterocycles. The normalized spacial score (nSPS) is 16.1. The largest absolute Gasteiger partial charge is 0.508 e. The zero-order valence-electron chi connectivity index (χ0n) is 11.4. The zero-order chi connectivity index (χ0) is 13.7. The number of phenols is 1. The number of benzene rings is 1. The van der Waals surface area contributed by atoms with Gasteiger partial charge in [-0.3, -0.25) is 4.79 Å². The maximum absolute atomic E-state index is 11.5. The summed E-state index contributed by atoms with van der Waals surface area (Å²) in [4.78, 5) is 11.5. The Balaban J connectivity index is 1.76. The Kier molecular flexibility index (Phi) is 4.80. The summed E-state index contributed by atoms with van der Waals surface area (Å²) in [5.41, 5.74) is 0.915. The summed E-state index contributed by atoms with van der Waals surface area (Å²) in [6, 6.07) is 7.50. The van der Waals surface area contributed by atoms with Crippen LogP contribution in [0.15, 0.2) is 24.3 Å². The van der Waals surface area contributed by atoms with Crippen LogP contribution in [0.25, 0.3) is 0 Å². The van der Waals surface area contributed by atoms with Gasteiger partial charge in [-0.15, -0.1) is 0 Å². The van der Waals surface area contributed by atoms with Crippen molar-refractivity contribution >= 4 is 5.91 Å². The molecule has 4 heteroatoms. The first kappa shape index (κ1) is 13.9. The van der Waals surface area contributed by atoms with Crippen molar-refractivity contribution in [3.05, 3.63) is 29.8 Å². The number of amides is 1. The summed E-state index contributed by atoms with van der Waals surface area (Å²) in [7, 11) is 0. The second kappa shape index (κ2) is 6.57. The number of phenolic OH excluding ortho intramolecular Hbond substituents is 1. The van der Waals surface area contributed by atoms with Crippen LogP contribution in [0.2, 0.25) is 0 Å². The lowest BCUT2D eigenvalue weighted by molar-refractivity contribution is -0.122. The highest BCUT2D eigenvalue weighted by molar-refractivity contribution is 5.80. The van der Waals surface area contributed by atoms with Gasteiger partial charge in [-0.05, 0) is 25.3 Å². The molecule has 1 fully saturated rings. The molecule has 1 aliphatic rings. The molecule has 0 spiro atoms. The summed E-state index contributed by atoms with van der Waals surface area (Å²) in [6.07, 6.45) is 2.97. The van der Waals surface area contributed by atoms with E-state index in [-0.39, 0.29) is 17.9 Å². The zero-order valence-corrected chi connectivity index (χ0v) is 11.4. The Morgan fingerprint density at radius 2 is 2.11 bits per heavy atom. The van der Waals surface area contributed by atoms with Gasteiger partial charge in [0.25, 0.3) is 0 Å². The van der Waals surface area contributed by atoms with E-state index in [0.29, 0.717) is 18.8 Å². The predicted octanol–water partition coefficient (Wildman–Crippen LogP) is 1.96. The van der Waals surface area contributed by atoms with E-state index >= 15 is 0 Å². The Morgan fingerprint density at radius 3 is 2.74 bits per heavy atom. The first-order valence-corrected chi connectivity index (χ1v) is 7.01. The van der Waals surface area contributed by atoms with Crippen LogP contribution in [0, 0.1) is 5.92 Å². The lowest BCUT2D eigenvalue weighted by atomic mass is 10.0. The molecule has 4 nitrogen and oxygen atoms in total. The van der Waals surface area contributed by atoms with Crippen LogP contribution in [-0.4, -0.2) is 24.1 Å². The number of nitrogens with one attached hydrogen (secondary N) is 2. The maximum atomic E-state index is 11.5. The minimum absolute atomic E-state index is 0.124. The van der Waals surface area contributed by atoms with E-state index in [1.807, 2.05) is 18.2 Å². The standard InChI is InChI=1S/C15H22N2O2/c1-2-13(12-5-3-4-6-14(12)18)16-9-10-17-15(19)11-7-8-11/h3-6,11,13,16,18H,2,7-10H2,1H3,(H,17,19). The minimum Gasteiger partial charge on any atom is -0.508 e. The lowest BCUT2D eigenvalue weighted by Gasteiger charge is -2.18. The Morgan fingerprint density at radius 1 is 1.37 bits per heavy atom. The topological polar surface area (TPSA) is 61.4 Å². The quantitative estimate of drug-likeness (QED) is 0.658. The van der Waals surface area contributed by atoms with Crippen molar-refractivity contribution in [3.63, 3.8) is 0 Å². The molecule has 1 atom stereocenters. The molecule has 104 valence electrons. The van der Waals surface area contributed by atoms with Crippen LogP contribution in [0.1, 0.15) is 37.8 Å². The summed E-state index contributed by atoms with van der Waals surface area (Å²) < 4.78 is 0. The third kappa shape index (κ3) is 3.96. The van der Waals surface area contributed by atoms with Crippen molar-refractivity contribution in [1.29, 1.82) is 0 Å². The van der Waals surface area contributed by atoms with Gasteiger partial charge in [-0.25, -0.2) is 0 Å². The average molecular weight is 262 g/mol. The van der Waals surface area contributed by atoms with Crippen LogP contribution < -0.4 is 10.6 Å². The van der Waals surface area contributed by atoms with Crippen molar-refractivity contribution in [2.75, 3.05) is 13.1 Å². The minimum atomic E-state index is 0.124. The highest BCUT2D eigenvalue weighted by Crippen LogP contribution is 2.28. The van der Waals surface area contributed by atoms with Gasteiger partial charge in [0.15, 0.2) is 0 Å². The molecule has 1 aromatic rings. The van der Waals surface area contributed by atoms with Gasteiger partial charge in [0, 0.05) is 30.6 Å². The fraction of sp³-hybridized carbons (Fsp3) is 0.533. The van der Waals surface area contributed by atoms with E-state index in [9.17, 15) is 9.90 Å². The van der Waals surface area contributed by atoms with E-state index in [1.54, 1.807) is 6.07 Å². The molecule has 0 saturated heterocycles. The molecule has 1 aromatic carbocycles. The molecule has 0 radical (unpaired) electrons. The number of aromatic hydroxyl groups is 1. The van der Waals surface area contributed by atoms with Gasteiger partial charge in [0.1, 0.15) is 5.75 Å². The molecule has 1 unspecified atom stereocenters. The molecule has 1 saturated carbocycles. The van der Waals surface area contributed by atoms with Gasteiger partial charge in [0.05, 0.1) is 0 Å². The van der Waals surface area contributed by atoms with Gasteiger partial charge in [-0.1, -0.05) is 25.1 Å². The number of carbonyl (C=O) groups is 1. The molecule has 3 N–H and O–H groups in total. The van der Waals surface area contributed by atoms with Crippen LogP contribution in [-0.2, 0) is 4.79 Å². The lowest BCUT2D eigenvalue weighted by Crippen LogP contribution is -2.34. The number of rotatable bonds is 7. The average Bonchev–Trinajstić information content (AvgIpc) is 3.24. The van der Waals surface area contributed by atoms with Gasteiger partial charge < -0.3 is 15.7 Å². The van der Waals surface area contributed by atoms with E-state index in [4.69, 9.17) is 0 Å². The van der Waals surface area contributed by atoms with Crippen molar-refractivity contribution in [2.45, 2.75) is 32.2 Å². The molecular weight excluding hydrogens is 240 g/mol. The summed E-state index contributed by atoms with van der Waals surface area (Å²) in [6.45, 7) is 3.43. The summed E-state index contributed by atoms with van der Waals surface area (Å²) >= 11 is 0. The highest BCUT2D eigenvalue weighted by atomic mass is 16.3. The van der Waals surface area contributed by atoms with Crippen LogP contribution in [0.5, 0.6) is 5.75 Å². The summed E-state index contributed by atoms with van der Waals surface area (Å²) in [5, 5.41) is 16.1. The molecule has 0 aromatic heterocycles. The van der Waals surface area contributed by atoms with Crippen molar-refractivity contribution in [2.24, 2.45) is 5.92 Å². The Hall–Kier alpha value is -1.55. The fourth-order valence-electron chi connectivity index (χ4n) is 2.18. The monoisotopic (exact) mass is 262 g/mol. The van der Waals surface area contributed by atoms with Gasteiger partial charge in [0.2, 0.25) is 5.91 Å². The second-order valence-corrected chi connectivity index (χ2v) is 5.04. The number of hydrogen-bond donors (Lipinski definition) is 3. The molecule has 19 heavy (non-hydrogen) atoms. The van der Waals surface area contributed by atoms with E-state index in [1.165, 1.54) is 0 Å². The second-order valence-electron chi connectivity index (χ2n) is 5.04. The Labute approximate surface area is 114 Å². The third-order valence-electron chi connectivity index (χ3n) is 3.48. The van der Waals surface area contributed by atoms with Crippen LogP contribution in [0.4, 0.5) is 0 Å². The highest BCUT2D eigenvalue weighted by Gasteiger charge is 2.29. The predicted molar refractivity (Wildman–Crippen MR) is 74.9 cm³/mol. The molecular formula is C15H22N2O2. The number of para-hydroxylation sites is 1. The van der Waals surface area contributed by atoms with E-state index in [2.05, 4.69) is 17.6 Å². The molecule has 0 bridgehead atoms. The van der Waals surface area contributed by atoms with Gasteiger partial charge >= 0.3 is 0 Å². The van der Waals surface area contributed by atoms with Gasteiger partial charge in [-0.2, -0.15) is 0 Å². The van der Waals surface area contributed by atoms with Crippen LogP contribution in [0.3, 0.4) is 0 Å². The molecule has 1 aliphatic carbocycles. The number of carbonyl (C=O) groups excluding carboxylic acids is 1. The van der Waals surface area contributed by atoms with Crippen molar-refractivity contribution < 1.29 is 9.90 Å². The summed E-state index contributed by atoms with van der Waals surface area (Å²) in [5.74, 6) is 0.765. The van der Waals surface area contributed by atoms with Crippen molar-refractivity contribution in [1.82, 2.24) is 10.6 Å². The Bertz CT molecular complexity index is 430. The third-order valence-corrected chi connectivity index (χ3v) is 3.48. The number of hydrogen-bond acceptors (Lipinski definition) is 3. The molecule has 1 amide bonds. The molecule has 0 heterocycles. The first-order chi connectivity index (χ1) is 9.22. The maximum Gasteiger partial charge on any atom is 0.223 e. The van der Waals surface area contributed by atoms with Crippen molar-refractivity contribution in [3.8, 4) is 5.75 Å². The SMILES string of the molecule is CCC(NCCNC(=O)C1CC1)c1ccccc1O. The van der Waals surface area contributed by atoms with Crippen LogP contribution >= 0.6 is 0 Å². The fourth-order valence-corrected chi connectivity index (χ4v) is 2.18.